The number of fused-ring (bicyclic) bond motifs is 2. The molecule has 2 N–H and O–H groups in total. The molecule has 29 heavy (non-hydrogen) atoms. The van der Waals surface area contributed by atoms with Crippen LogP contribution in [0.1, 0.15) is 18.1 Å². The third-order valence-electron chi connectivity index (χ3n) is 5.07. The Morgan fingerprint density at radius 3 is 3.03 bits per heavy atom. The number of ether oxygens (including phenoxy) is 1. The smallest absolute Gasteiger partial charge is 0.263 e. The zero-order valence-corrected chi connectivity index (χ0v) is 16.4. The molecule has 7 nitrogen and oxygen atoms in total. The van der Waals surface area contributed by atoms with Gasteiger partial charge in [-0.25, -0.2) is 4.98 Å². The summed E-state index contributed by atoms with van der Waals surface area (Å²) < 4.78 is 5.35. The highest BCUT2D eigenvalue weighted by molar-refractivity contribution is 5.95. The first-order chi connectivity index (χ1) is 14.0. The minimum atomic E-state index is -0.227. The van der Waals surface area contributed by atoms with Crippen LogP contribution in [0, 0.1) is 0 Å². The van der Waals surface area contributed by atoms with Gasteiger partial charge in [-0.2, -0.15) is 0 Å². The number of nitrogens with one attached hydrogen (secondary N) is 2. The Kier molecular flexibility index (Phi) is 5.03. The van der Waals surface area contributed by atoms with E-state index in [1.807, 2.05) is 12.1 Å². The van der Waals surface area contributed by atoms with Gasteiger partial charge in [0, 0.05) is 43.7 Å². The summed E-state index contributed by atoms with van der Waals surface area (Å²) in [5.41, 5.74) is 5.43. The highest BCUT2D eigenvalue weighted by atomic mass is 16.5. The van der Waals surface area contributed by atoms with Crippen LogP contribution in [0.5, 0.6) is 5.75 Å². The number of carbonyl (C=O) groups excluding carboxylic acids is 2. The summed E-state index contributed by atoms with van der Waals surface area (Å²) in [4.78, 5) is 29.7. The van der Waals surface area contributed by atoms with Crippen molar-refractivity contribution in [1.82, 2.24) is 9.88 Å². The molecule has 0 radical (unpaired) electrons. The van der Waals surface area contributed by atoms with E-state index >= 15 is 0 Å². The number of rotatable bonds is 4. The molecule has 0 fully saturated rings. The Bertz CT molecular complexity index is 1040. The van der Waals surface area contributed by atoms with Gasteiger partial charge >= 0.3 is 0 Å². The summed E-state index contributed by atoms with van der Waals surface area (Å²) in [6.45, 7) is 3.34. The van der Waals surface area contributed by atoms with Gasteiger partial charge in [-0.1, -0.05) is 18.2 Å². The molecule has 2 aliphatic heterocycles. The Morgan fingerprint density at radius 1 is 1.34 bits per heavy atom. The molecule has 4 rings (SSSR count). The molecule has 0 saturated carbocycles. The van der Waals surface area contributed by atoms with Gasteiger partial charge in [0.25, 0.3) is 5.91 Å². The molecule has 2 aromatic rings. The fourth-order valence-corrected chi connectivity index (χ4v) is 3.39. The first-order valence-corrected chi connectivity index (χ1v) is 9.39. The van der Waals surface area contributed by atoms with E-state index in [-0.39, 0.29) is 18.4 Å². The van der Waals surface area contributed by atoms with Crippen LogP contribution in [0.25, 0.3) is 11.6 Å². The highest BCUT2D eigenvalue weighted by Crippen LogP contribution is 2.30. The molecule has 0 unspecified atom stereocenters. The Labute approximate surface area is 169 Å². The first-order valence-electron chi connectivity index (χ1n) is 9.39. The lowest BCUT2D eigenvalue weighted by Crippen LogP contribution is -2.30. The van der Waals surface area contributed by atoms with E-state index in [4.69, 9.17) is 4.74 Å². The van der Waals surface area contributed by atoms with Gasteiger partial charge < -0.3 is 20.3 Å². The maximum Gasteiger partial charge on any atom is 0.263 e. The predicted octanol–water partition coefficient (Wildman–Crippen LogP) is 2.78. The Balaban J connectivity index is 1.43. The van der Waals surface area contributed by atoms with Crippen LogP contribution in [-0.4, -0.2) is 48.4 Å². The van der Waals surface area contributed by atoms with Crippen molar-refractivity contribution in [1.29, 1.82) is 0 Å². The molecule has 2 aliphatic rings. The average molecular weight is 390 g/mol. The molecule has 7 heteroatoms. The van der Waals surface area contributed by atoms with Crippen LogP contribution >= 0.6 is 0 Å². The van der Waals surface area contributed by atoms with E-state index in [0.29, 0.717) is 18.1 Å². The van der Waals surface area contributed by atoms with Crippen molar-refractivity contribution >= 4 is 35.0 Å². The fourth-order valence-electron chi connectivity index (χ4n) is 3.39. The molecule has 3 heterocycles. The van der Waals surface area contributed by atoms with Gasteiger partial charge in [-0.3, -0.25) is 9.59 Å². The molecule has 0 spiro atoms. The third-order valence-corrected chi connectivity index (χ3v) is 5.07. The average Bonchev–Trinajstić information content (AvgIpc) is 2.74. The largest absolute Gasteiger partial charge is 0.480 e. The quantitative estimate of drug-likeness (QED) is 0.785. The molecular formula is C22H22N4O3. The lowest BCUT2D eigenvalue weighted by atomic mass is 9.96. The van der Waals surface area contributed by atoms with Crippen LogP contribution < -0.4 is 15.4 Å². The van der Waals surface area contributed by atoms with Gasteiger partial charge in [-0.15, -0.1) is 0 Å². The molecule has 0 atom stereocenters. The van der Waals surface area contributed by atoms with Gasteiger partial charge in [0.1, 0.15) is 0 Å². The van der Waals surface area contributed by atoms with Crippen molar-refractivity contribution in [3.05, 3.63) is 59.3 Å². The van der Waals surface area contributed by atoms with Crippen molar-refractivity contribution in [3.8, 4) is 5.75 Å². The van der Waals surface area contributed by atoms with E-state index < -0.39 is 0 Å². The highest BCUT2D eigenvalue weighted by Gasteiger charge is 2.18. The van der Waals surface area contributed by atoms with Gasteiger partial charge in [0.15, 0.2) is 18.2 Å². The number of hydrogen-bond acceptors (Lipinski definition) is 5. The maximum absolute atomic E-state index is 12.6. The SMILES string of the molecule is CC1=C(CN(C)C(=O)/C=C/c2cnc3c(c2)OCC(=O)N3)CNc2ccccc21. The van der Waals surface area contributed by atoms with Crippen molar-refractivity contribution in [2.45, 2.75) is 6.92 Å². The summed E-state index contributed by atoms with van der Waals surface area (Å²) in [5.74, 6) is 0.570. The van der Waals surface area contributed by atoms with E-state index in [1.165, 1.54) is 22.8 Å². The number of likely N-dealkylation sites (N-methyl/N-ethyl adjacent to an activating group) is 1. The zero-order valence-electron chi connectivity index (χ0n) is 16.4. The molecule has 2 amide bonds. The van der Waals surface area contributed by atoms with Crippen LogP contribution in [0.4, 0.5) is 11.5 Å². The van der Waals surface area contributed by atoms with Crippen LogP contribution in [0.15, 0.2) is 48.2 Å². The van der Waals surface area contributed by atoms with Crippen molar-refractivity contribution < 1.29 is 14.3 Å². The zero-order chi connectivity index (χ0) is 20.4. The fraction of sp³-hybridized carbons (Fsp3) is 0.227. The monoisotopic (exact) mass is 390 g/mol. The number of anilines is 2. The van der Waals surface area contributed by atoms with Gasteiger partial charge in [-0.05, 0) is 41.8 Å². The number of aromatic nitrogens is 1. The van der Waals surface area contributed by atoms with Crippen LogP contribution in [-0.2, 0) is 9.59 Å². The van der Waals surface area contributed by atoms with Crippen LogP contribution in [0.2, 0.25) is 0 Å². The summed E-state index contributed by atoms with van der Waals surface area (Å²) >= 11 is 0. The van der Waals surface area contributed by atoms with Gasteiger partial charge in [0.05, 0.1) is 0 Å². The molecule has 0 bridgehead atoms. The number of para-hydroxylation sites is 1. The van der Waals surface area contributed by atoms with E-state index in [2.05, 4.69) is 34.7 Å². The van der Waals surface area contributed by atoms with Gasteiger partial charge in [0.2, 0.25) is 5.91 Å². The van der Waals surface area contributed by atoms with Crippen molar-refractivity contribution in [3.63, 3.8) is 0 Å². The molecule has 0 saturated heterocycles. The Morgan fingerprint density at radius 2 is 2.17 bits per heavy atom. The second-order valence-electron chi connectivity index (χ2n) is 7.11. The van der Waals surface area contributed by atoms with Crippen molar-refractivity contribution in [2.24, 2.45) is 0 Å². The lowest BCUT2D eigenvalue weighted by molar-refractivity contribution is -0.124. The molecule has 1 aromatic heterocycles. The topological polar surface area (TPSA) is 83.6 Å². The Hall–Kier alpha value is -3.61. The molecule has 1 aromatic carbocycles. The normalized spacial score (nSPS) is 15.2. The summed E-state index contributed by atoms with van der Waals surface area (Å²) in [5, 5.41) is 6.05. The minimum absolute atomic E-state index is 0.0326. The number of carbonyl (C=O) groups is 2. The molecular weight excluding hydrogens is 368 g/mol. The van der Waals surface area contributed by atoms with E-state index in [1.54, 1.807) is 30.3 Å². The second-order valence-corrected chi connectivity index (χ2v) is 7.11. The molecule has 0 aliphatic carbocycles. The minimum Gasteiger partial charge on any atom is -0.480 e. The van der Waals surface area contributed by atoms with Crippen LogP contribution in [0.3, 0.4) is 0 Å². The number of hydrogen-bond donors (Lipinski definition) is 2. The number of benzene rings is 1. The predicted molar refractivity (Wildman–Crippen MR) is 113 cm³/mol. The van der Waals surface area contributed by atoms with Crippen molar-refractivity contribution in [2.75, 3.05) is 37.4 Å². The number of amides is 2. The number of allylic oxidation sites excluding steroid dienone is 1. The van der Waals surface area contributed by atoms with E-state index in [9.17, 15) is 9.59 Å². The summed E-state index contributed by atoms with van der Waals surface area (Å²) in [7, 11) is 1.79. The lowest BCUT2D eigenvalue weighted by Gasteiger charge is -2.26. The number of nitrogens with zero attached hydrogens (tertiary/aromatic N) is 2. The maximum atomic E-state index is 12.6. The van der Waals surface area contributed by atoms with E-state index in [0.717, 1.165) is 17.8 Å². The third kappa shape index (κ3) is 3.99. The summed E-state index contributed by atoms with van der Waals surface area (Å²) in [6, 6.07) is 9.94. The standard InChI is InChI=1S/C22H22N4O3/c1-14-16(11-23-18-6-4-3-5-17(14)18)12-26(2)21(28)8-7-15-9-19-22(24-10-15)25-20(27)13-29-19/h3-10,23H,11-13H2,1-2H3,(H,24,25,27)/b8-7+. The second kappa shape index (κ2) is 7.79. The summed E-state index contributed by atoms with van der Waals surface area (Å²) in [6.07, 6.45) is 4.80. The number of pyridine rings is 1. The molecule has 148 valence electrons. The first kappa shape index (κ1) is 18.7.